The molecule has 4 nitrogen and oxygen atoms in total. The van der Waals surface area contributed by atoms with Gasteiger partial charge in [0, 0.05) is 6.20 Å². The molecule has 0 aliphatic carbocycles. The quantitative estimate of drug-likeness (QED) is 0.798. The van der Waals surface area contributed by atoms with Gasteiger partial charge in [-0.2, -0.15) is 4.72 Å². The van der Waals surface area contributed by atoms with Crippen LogP contribution in [-0.4, -0.2) is 19.4 Å². The van der Waals surface area contributed by atoms with Gasteiger partial charge in [0.2, 0.25) is 5.03 Å². The maximum atomic E-state index is 13.2. The van der Waals surface area contributed by atoms with Crippen LogP contribution in [0.5, 0.6) is 0 Å². The second-order valence-electron chi connectivity index (χ2n) is 3.04. The molecular weight excluding hydrogens is 231 g/mol. The molecule has 0 saturated heterocycles. The largest absolute Gasteiger partial charge is 0.262 e. The third-order valence-electron chi connectivity index (χ3n) is 1.89. The van der Waals surface area contributed by atoms with E-state index in [1.165, 1.54) is 12.3 Å². The molecule has 1 heterocycles. The Balaban J connectivity index is 3.05. The number of halogens is 1. The van der Waals surface area contributed by atoms with E-state index >= 15 is 0 Å². The van der Waals surface area contributed by atoms with Crippen molar-refractivity contribution in [3.63, 3.8) is 0 Å². The van der Waals surface area contributed by atoms with Gasteiger partial charge in [-0.05, 0) is 18.6 Å². The lowest BCUT2D eigenvalue weighted by Crippen LogP contribution is -2.34. The molecule has 0 aliphatic heterocycles. The standard InChI is InChI=1S/C10H11FN2O2S/c1-3-8(4-2)13-16(14,15)10-9(11)6-5-7-12-10/h1,5-8,13H,4H2,2H3. The molecule has 1 aromatic heterocycles. The maximum absolute atomic E-state index is 13.2. The van der Waals surface area contributed by atoms with Crippen LogP contribution in [0.2, 0.25) is 0 Å². The molecule has 6 heteroatoms. The van der Waals surface area contributed by atoms with E-state index in [9.17, 15) is 12.8 Å². The zero-order chi connectivity index (χ0) is 12.2. The Labute approximate surface area is 94.0 Å². The first-order chi connectivity index (χ1) is 7.51. The van der Waals surface area contributed by atoms with Gasteiger partial charge >= 0.3 is 0 Å². The first-order valence-electron chi connectivity index (χ1n) is 4.60. The number of nitrogens with zero attached hydrogens (tertiary/aromatic N) is 1. The summed E-state index contributed by atoms with van der Waals surface area (Å²) in [5.41, 5.74) is 0. The molecule has 1 aromatic rings. The monoisotopic (exact) mass is 242 g/mol. The molecule has 1 atom stereocenters. The molecule has 86 valence electrons. The lowest BCUT2D eigenvalue weighted by molar-refractivity contribution is 0.538. The number of hydrogen-bond donors (Lipinski definition) is 1. The topological polar surface area (TPSA) is 59.1 Å². The highest BCUT2D eigenvalue weighted by molar-refractivity contribution is 7.89. The summed E-state index contributed by atoms with van der Waals surface area (Å²) in [6.45, 7) is 1.72. The molecule has 1 rings (SSSR count). The Kier molecular flexibility index (Phi) is 3.99. The van der Waals surface area contributed by atoms with Gasteiger partial charge in [0.15, 0.2) is 5.82 Å². The van der Waals surface area contributed by atoms with Gasteiger partial charge in [-0.3, -0.25) is 0 Å². The Hall–Kier alpha value is -1.45. The van der Waals surface area contributed by atoms with E-state index < -0.39 is 26.9 Å². The van der Waals surface area contributed by atoms with Crippen LogP contribution in [0.4, 0.5) is 4.39 Å². The van der Waals surface area contributed by atoms with Crippen molar-refractivity contribution >= 4 is 10.0 Å². The summed E-state index contributed by atoms with van der Waals surface area (Å²) in [6.07, 6.45) is 6.74. The van der Waals surface area contributed by atoms with E-state index in [1.54, 1.807) is 6.92 Å². The van der Waals surface area contributed by atoms with Gasteiger partial charge in [-0.15, -0.1) is 6.42 Å². The molecule has 0 radical (unpaired) electrons. The van der Waals surface area contributed by atoms with Crippen molar-refractivity contribution in [1.29, 1.82) is 0 Å². The van der Waals surface area contributed by atoms with E-state index in [0.29, 0.717) is 6.42 Å². The van der Waals surface area contributed by atoms with E-state index in [1.807, 2.05) is 0 Å². The van der Waals surface area contributed by atoms with Crippen LogP contribution in [0.3, 0.4) is 0 Å². The number of hydrogen-bond acceptors (Lipinski definition) is 3. The van der Waals surface area contributed by atoms with Crippen LogP contribution < -0.4 is 4.72 Å². The van der Waals surface area contributed by atoms with E-state index in [-0.39, 0.29) is 0 Å². The summed E-state index contributed by atoms with van der Waals surface area (Å²) in [6, 6.07) is 1.68. The van der Waals surface area contributed by atoms with Gasteiger partial charge in [-0.25, -0.2) is 17.8 Å². The maximum Gasteiger partial charge on any atom is 0.262 e. The summed E-state index contributed by atoms with van der Waals surface area (Å²) in [4.78, 5) is 3.48. The minimum atomic E-state index is -3.99. The van der Waals surface area contributed by atoms with Crippen LogP contribution in [0, 0.1) is 18.2 Å². The molecular formula is C10H11FN2O2S. The van der Waals surface area contributed by atoms with Crippen molar-refractivity contribution in [1.82, 2.24) is 9.71 Å². The minimum absolute atomic E-state index is 0.421. The number of terminal acetylenes is 1. The van der Waals surface area contributed by atoms with Crippen molar-refractivity contribution in [2.24, 2.45) is 0 Å². The van der Waals surface area contributed by atoms with Gasteiger partial charge in [0.05, 0.1) is 6.04 Å². The Morgan fingerprint density at radius 1 is 1.69 bits per heavy atom. The average molecular weight is 242 g/mol. The predicted octanol–water partition coefficient (Wildman–Crippen LogP) is 0.911. The lowest BCUT2D eigenvalue weighted by Gasteiger charge is -2.10. The number of aromatic nitrogens is 1. The number of pyridine rings is 1. The second kappa shape index (κ2) is 5.05. The third-order valence-corrected chi connectivity index (χ3v) is 3.29. The van der Waals surface area contributed by atoms with Crippen molar-refractivity contribution in [2.45, 2.75) is 24.4 Å². The zero-order valence-electron chi connectivity index (χ0n) is 8.64. The summed E-state index contributed by atoms with van der Waals surface area (Å²) in [5.74, 6) is 1.36. The zero-order valence-corrected chi connectivity index (χ0v) is 9.46. The van der Waals surface area contributed by atoms with Gasteiger partial charge < -0.3 is 0 Å². The molecule has 0 spiro atoms. The van der Waals surface area contributed by atoms with E-state index in [4.69, 9.17) is 6.42 Å². The normalized spacial score (nSPS) is 13.1. The Morgan fingerprint density at radius 3 is 2.88 bits per heavy atom. The summed E-state index contributed by atoms with van der Waals surface area (Å²) in [5, 5.41) is -0.635. The molecule has 0 saturated carbocycles. The smallest absolute Gasteiger partial charge is 0.241 e. The van der Waals surface area contributed by atoms with Crippen LogP contribution in [0.1, 0.15) is 13.3 Å². The Bertz CT molecular complexity index is 508. The van der Waals surface area contributed by atoms with Crippen LogP contribution in [-0.2, 0) is 10.0 Å². The minimum Gasteiger partial charge on any atom is -0.241 e. The molecule has 1 N–H and O–H groups in total. The summed E-state index contributed by atoms with van der Waals surface area (Å²) < 4.78 is 38.7. The van der Waals surface area contributed by atoms with Crippen LogP contribution in [0.15, 0.2) is 23.4 Å². The van der Waals surface area contributed by atoms with E-state index in [0.717, 1.165) is 6.07 Å². The first kappa shape index (κ1) is 12.6. The molecule has 16 heavy (non-hydrogen) atoms. The van der Waals surface area contributed by atoms with E-state index in [2.05, 4.69) is 15.6 Å². The molecule has 0 aromatic carbocycles. The van der Waals surface area contributed by atoms with Gasteiger partial charge in [-0.1, -0.05) is 12.8 Å². The second-order valence-corrected chi connectivity index (χ2v) is 4.67. The molecule has 0 amide bonds. The van der Waals surface area contributed by atoms with Crippen LogP contribution >= 0.6 is 0 Å². The van der Waals surface area contributed by atoms with Crippen molar-refractivity contribution in [3.8, 4) is 12.3 Å². The average Bonchev–Trinajstić information content (AvgIpc) is 2.26. The molecule has 0 bridgehead atoms. The third kappa shape index (κ3) is 2.78. The number of rotatable bonds is 4. The molecule has 0 fully saturated rings. The Morgan fingerprint density at radius 2 is 2.38 bits per heavy atom. The summed E-state index contributed by atoms with van der Waals surface area (Å²) in [7, 11) is -3.99. The van der Waals surface area contributed by atoms with Crippen molar-refractivity contribution in [3.05, 3.63) is 24.1 Å². The SMILES string of the molecule is C#CC(CC)NS(=O)(=O)c1ncccc1F. The first-order valence-corrected chi connectivity index (χ1v) is 6.08. The highest BCUT2D eigenvalue weighted by atomic mass is 32.2. The highest BCUT2D eigenvalue weighted by Crippen LogP contribution is 2.10. The molecule has 1 unspecified atom stereocenters. The van der Waals surface area contributed by atoms with Gasteiger partial charge in [0.25, 0.3) is 10.0 Å². The fraction of sp³-hybridized carbons (Fsp3) is 0.300. The number of nitrogens with one attached hydrogen (secondary N) is 1. The molecule has 0 aliphatic rings. The fourth-order valence-electron chi connectivity index (χ4n) is 1.05. The summed E-state index contributed by atoms with van der Waals surface area (Å²) >= 11 is 0. The predicted molar refractivity (Wildman–Crippen MR) is 57.4 cm³/mol. The lowest BCUT2D eigenvalue weighted by atomic mass is 10.3. The number of sulfonamides is 1. The highest BCUT2D eigenvalue weighted by Gasteiger charge is 2.22. The van der Waals surface area contributed by atoms with Crippen molar-refractivity contribution in [2.75, 3.05) is 0 Å². The van der Waals surface area contributed by atoms with Crippen LogP contribution in [0.25, 0.3) is 0 Å². The van der Waals surface area contributed by atoms with Crippen molar-refractivity contribution < 1.29 is 12.8 Å². The van der Waals surface area contributed by atoms with Gasteiger partial charge in [0.1, 0.15) is 0 Å². The fourth-order valence-corrected chi connectivity index (χ4v) is 2.29.